The lowest BCUT2D eigenvalue weighted by atomic mass is 10.3. The summed E-state index contributed by atoms with van der Waals surface area (Å²) < 4.78 is 5.47. The molecular weight excluding hydrogens is 366 g/mol. The van der Waals surface area contributed by atoms with Crippen molar-refractivity contribution < 1.29 is 19.1 Å². The largest absolute Gasteiger partial charge is 0.467 e. The molecule has 0 radical (unpaired) electrons. The maximum atomic E-state index is 12.2. The molecule has 1 aromatic heterocycles. The second-order valence-corrected chi connectivity index (χ2v) is 6.77. The van der Waals surface area contributed by atoms with E-state index in [-0.39, 0.29) is 0 Å². The van der Waals surface area contributed by atoms with Gasteiger partial charge in [-0.3, -0.25) is 14.5 Å². The zero-order valence-corrected chi connectivity index (χ0v) is 13.8. The Balaban J connectivity index is 2.25. The Morgan fingerprint density at radius 3 is 2.75 bits per heavy atom. The van der Waals surface area contributed by atoms with Gasteiger partial charge in [0.2, 0.25) is 0 Å². The van der Waals surface area contributed by atoms with Gasteiger partial charge in [0.1, 0.15) is 6.04 Å². The van der Waals surface area contributed by atoms with Gasteiger partial charge < -0.3 is 4.74 Å². The van der Waals surface area contributed by atoms with Gasteiger partial charge in [0.15, 0.2) is 0 Å². The normalized spacial score (nSPS) is 18.8. The summed E-state index contributed by atoms with van der Waals surface area (Å²) in [6, 6.07) is 0.927. The van der Waals surface area contributed by atoms with Crippen molar-refractivity contribution in [2.45, 2.75) is 13.0 Å². The van der Waals surface area contributed by atoms with E-state index in [1.165, 1.54) is 25.4 Å². The van der Waals surface area contributed by atoms with E-state index in [9.17, 15) is 14.4 Å². The van der Waals surface area contributed by atoms with Crippen LogP contribution in [-0.4, -0.2) is 35.2 Å². The van der Waals surface area contributed by atoms with E-state index in [0.717, 1.165) is 26.0 Å². The number of carbonyl (C=O) groups is 3. The highest BCUT2D eigenvalue weighted by atomic mass is 79.9. The van der Waals surface area contributed by atoms with Crippen LogP contribution in [0.1, 0.15) is 11.8 Å². The molecule has 106 valence electrons. The highest BCUT2D eigenvalue weighted by molar-refractivity contribution is 9.10. The van der Waals surface area contributed by atoms with Crippen molar-refractivity contribution in [2.24, 2.45) is 0 Å². The van der Waals surface area contributed by atoms with Gasteiger partial charge in [-0.15, -0.1) is 11.3 Å². The first-order chi connectivity index (χ1) is 9.43. The minimum absolute atomic E-state index is 0.306. The lowest BCUT2D eigenvalue weighted by molar-refractivity contribution is -0.148. The van der Waals surface area contributed by atoms with Crippen LogP contribution in [-0.2, 0) is 14.3 Å². The first kappa shape index (κ1) is 15.3. The molecule has 2 amide bonds. The fourth-order valence-electron chi connectivity index (χ4n) is 1.62. The first-order valence-corrected chi connectivity index (χ1v) is 8.02. The molecule has 0 N–H and O–H groups in total. The molecule has 8 heteroatoms. The first-order valence-electron chi connectivity index (χ1n) is 5.53. The third-order valence-electron chi connectivity index (χ3n) is 2.61. The average Bonchev–Trinajstić information content (AvgIpc) is 2.93. The molecule has 0 unspecified atom stereocenters. The number of ether oxygens (including phenoxy) is 1. The van der Waals surface area contributed by atoms with E-state index in [4.69, 9.17) is 0 Å². The molecule has 1 saturated heterocycles. The van der Waals surface area contributed by atoms with Crippen molar-refractivity contribution in [1.82, 2.24) is 4.90 Å². The Kier molecular flexibility index (Phi) is 4.66. The van der Waals surface area contributed by atoms with Gasteiger partial charge in [-0.05, 0) is 46.8 Å². The number of hydrogen-bond acceptors (Lipinski definition) is 6. The smallest absolute Gasteiger partial charge is 0.328 e. The van der Waals surface area contributed by atoms with Gasteiger partial charge in [0.25, 0.3) is 11.1 Å². The summed E-state index contributed by atoms with van der Waals surface area (Å²) in [5, 5.41) is 1.42. The minimum Gasteiger partial charge on any atom is -0.467 e. The second-order valence-electron chi connectivity index (χ2n) is 3.92. The van der Waals surface area contributed by atoms with E-state index in [0.29, 0.717) is 4.91 Å². The molecule has 0 aromatic carbocycles. The molecule has 2 rings (SSSR count). The molecule has 0 saturated carbocycles. The minimum atomic E-state index is -0.923. The Morgan fingerprint density at radius 2 is 2.20 bits per heavy atom. The lowest BCUT2D eigenvalue weighted by Gasteiger charge is -2.18. The van der Waals surface area contributed by atoms with Crippen molar-refractivity contribution in [2.75, 3.05) is 7.11 Å². The summed E-state index contributed by atoms with van der Waals surface area (Å²) in [6.07, 6.45) is 1.64. The Labute approximate surface area is 132 Å². The fraction of sp³-hybridized carbons (Fsp3) is 0.250. The number of hydrogen-bond donors (Lipinski definition) is 0. The van der Waals surface area contributed by atoms with E-state index in [1.54, 1.807) is 6.08 Å². The van der Waals surface area contributed by atoms with Crippen LogP contribution < -0.4 is 0 Å². The summed E-state index contributed by atoms with van der Waals surface area (Å²) in [5.74, 6) is -1.09. The van der Waals surface area contributed by atoms with Crippen LogP contribution in [0.25, 0.3) is 6.08 Å². The molecule has 2 heterocycles. The number of rotatable bonds is 3. The molecule has 1 fully saturated rings. The molecule has 0 spiro atoms. The standard InChI is InChI=1S/C12H10BrNO4S2/c1-6(11(16)18-2)14-10(15)9(20-12(14)17)4-8-3-7(13)5-19-8/h3-6H,1-2H3/t6-/m0/s1. The van der Waals surface area contributed by atoms with Gasteiger partial charge in [-0.1, -0.05) is 0 Å². The van der Waals surface area contributed by atoms with Crippen molar-refractivity contribution in [3.8, 4) is 0 Å². The third kappa shape index (κ3) is 2.97. The summed E-state index contributed by atoms with van der Waals surface area (Å²) in [4.78, 5) is 37.6. The molecule has 1 aliphatic heterocycles. The number of imide groups is 1. The van der Waals surface area contributed by atoms with Crippen LogP contribution in [0.4, 0.5) is 4.79 Å². The third-order valence-corrected chi connectivity index (χ3v) is 5.14. The van der Waals surface area contributed by atoms with E-state index in [2.05, 4.69) is 20.7 Å². The predicted octanol–water partition coefficient (Wildman–Crippen LogP) is 3.11. The molecule has 1 aliphatic rings. The summed E-state index contributed by atoms with van der Waals surface area (Å²) in [6.45, 7) is 1.47. The number of nitrogens with zero attached hydrogens (tertiary/aromatic N) is 1. The number of amides is 2. The summed E-state index contributed by atoms with van der Waals surface area (Å²) in [7, 11) is 1.22. The summed E-state index contributed by atoms with van der Waals surface area (Å²) >= 11 is 5.60. The van der Waals surface area contributed by atoms with Crippen LogP contribution in [0.15, 0.2) is 20.8 Å². The maximum Gasteiger partial charge on any atom is 0.328 e. The molecule has 20 heavy (non-hydrogen) atoms. The maximum absolute atomic E-state index is 12.2. The molecule has 5 nitrogen and oxygen atoms in total. The summed E-state index contributed by atoms with van der Waals surface area (Å²) in [5.41, 5.74) is 0. The monoisotopic (exact) mass is 375 g/mol. The van der Waals surface area contributed by atoms with Crippen molar-refractivity contribution in [3.63, 3.8) is 0 Å². The molecule has 0 aliphatic carbocycles. The number of methoxy groups -OCH3 is 1. The number of carbonyl (C=O) groups excluding carboxylic acids is 3. The van der Waals surface area contributed by atoms with Crippen LogP contribution in [0.3, 0.4) is 0 Å². The van der Waals surface area contributed by atoms with E-state index >= 15 is 0 Å². The molecular formula is C12H10BrNO4S2. The van der Waals surface area contributed by atoms with Crippen molar-refractivity contribution >= 4 is 62.2 Å². The van der Waals surface area contributed by atoms with E-state index < -0.39 is 23.2 Å². The quantitative estimate of drug-likeness (QED) is 0.599. The molecule has 1 aromatic rings. The molecule has 0 bridgehead atoms. The van der Waals surface area contributed by atoms with Gasteiger partial charge in [-0.2, -0.15) is 0 Å². The van der Waals surface area contributed by atoms with Crippen LogP contribution in [0.2, 0.25) is 0 Å². The lowest BCUT2D eigenvalue weighted by Crippen LogP contribution is -2.42. The highest BCUT2D eigenvalue weighted by Crippen LogP contribution is 2.35. The highest BCUT2D eigenvalue weighted by Gasteiger charge is 2.41. The van der Waals surface area contributed by atoms with Crippen molar-refractivity contribution in [3.05, 3.63) is 25.7 Å². The Morgan fingerprint density at radius 1 is 1.50 bits per heavy atom. The fourth-order valence-corrected chi connectivity index (χ4v) is 3.97. The Hall–Kier alpha value is -1.12. The SMILES string of the molecule is COC(=O)[C@H](C)N1C(=O)SC(=Cc2cc(Br)cs2)C1=O. The number of halogens is 1. The van der Waals surface area contributed by atoms with Crippen LogP contribution in [0, 0.1) is 0 Å². The zero-order chi connectivity index (χ0) is 14.9. The number of thioether (sulfide) groups is 1. The topological polar surface area (TPSA) is 63.7 Å². The second kappa shape index (κ2) is 6.11. The van der Waals surface area contributed by atoms with Crippen molar-refractivity contribution in [1.29, 1.82) is 0 Å². The zero-order valence-electron chi connectivity index (χ0n) is 10.6. The Bertz CT molecular complexity index is 610. The van der Waals surface area contributed by atoms with Crippen LogP contribution >= 0.6 is 39.0 Å². The van der Waals surface area contributed by atoms with Gasteiger partial charge in [0.05, 0.1) is 12.0 Å². The number of esters is 1. The van der Waals surface area contributed by atoms with Gasteiger partial charge in [-0.25, -0.2) is 4.79 Å². The predicted molar refractivity (Wildman–Crippen MR) is 81.3 cm³/mol. The number of thiophene rings is 1. The average molecular weight is 376 g/mol. The van der Waals surface area contributed by atoms with Crippen LogP contribution in [0.5, 0.6) is 0 Å². The van der Waals surface area contributed by atoms with Gasteiger partial charge >= 0.3 is 5.97 Å². The van der Waals surface area contributed by atoms with E-state index in [1.807, 2.05) is 11.4 Å². The molecule has 1 atom stereocenters. The van der Waals surface area contributed by atoms with Gasteiger partial charge in [0, 0.05) is 14.7 Å².